The lowest BCUT2D eigenvalue weighted by atomic mass is 10.1. The van der Waals surface area contributed by atoms with Crippen LogP contribution in [0.4, 0.5) is 0 Å². The predicted octanol–water partition coefficient (Wildman–Crippen LogP) is 1.72. The van der Waals surface area contributed by atoms with Gasteiger partial charge in [0, 0.05) is 22.7 Å². The number of fused-ring (bicyclic) bond motifs is 1. The zero-order valence-electron chi connectivity index (χ0n) is 12.0. The van der Waals surface area contributed by atoms with Gasteiger partial charge in [-0.25, -0.2) is 0 Å². The maximum absolute atomic E-state index is 12.0. The van der Waals surface area contributed by atoms with Gasteiger partial charge in [-0.05, 0) is 18.6 Å². The maximum Gasteiger partial charge on any atom is 0.316 e. The predicted molar refractivity (Wildman–Crippen MR) is 80.2 cm³/mol. The highest BCUT2D eigenvalue weighted by atomic mass is 16.5. The Morgan fingerprint density at radius 2 is 2.32 bits per heavy atom. The van der Waals surface area contributed by atoms with Crippen LogP contribution in [0, 0.1) is 0 Å². The van der Waals surface area contributed by atoms with E-state index in [9.17, 15) is 4.79 Å². The third-order valence-electron chi connectivity index (χ3n) is 3.50. The summed E-state index contributed by atoms with van der Waals surface area (Å²) in [6.07, 6.45) is 2.45. The fourth-order valence-corrected chi connectivity index (χ4v) is 2.23. The molecule has 22 heavy (non-hydrogen) atoms. The molecule has 0 aliphatic rings. The number of carbonyl (C=O) groups is 1. The molecule has 0 saturated heterocycles. The van der Waals surface area contributed by atoms with Crippen molar-refractivity contribution in [3.8, 4) is 11.4 Å². The largest absolute Gasteiger partial charge is 0.394 e. The van der Waals surface area contributed by atoms with Crippen molar-refractivity contribution in [1.82, 2.24) is 20.4 Å². The molecule has 1 atom stereocenters. The lowest BCUT2D eigenvalue weighted by Crippen LogP contribution is -2.37. The standard InChI is InChI=1S/C15H16N4O3/c1-2-9(8-20)17-14(21)15-18-13(19-22-15)11-4-3-5-12-10(11)6-7-16-12/h3-7,9,16,20H,2,8H2,1H3,(H,17,21)/t9-/m1/s1. The van der Waals surface area contributed by atoms with E-state index in [1.165, 1.54) is 0 Å². The number of H-pyrrole nitrogens is 1. The van der Waals surface area contributed by atoms with Gasteiger partial charge in [0.15, 0.2) is 0 Å². The molecule has 2 aromatic heterocycles. The molecule has 0 bridgehead atoms. The van der Waals surface area contributed by atoms with Crippen molar-refractivity contribution in [3.05, 3.63) is 36.4 Å². The summed E-state index contributed by atoms with van der Waals surface area (Å²) >= 11 is 0. The first kappa shape index (κ1) is 14.3. The first-order valence-corrected chi connectivity index (χ1v) is 7.04. The number of hydrogen-bond donors (Lipinski definition) is 3. The SMILES string of the molecule is CC[C@H](CO)NC(=O)c1nc(-c2cccc3[nH]ccc23)no1. The molecule has 1 amide bonds. The Morgan fingerprint density at radius 3 is 3.09 bits per heavy atom. The van der Waals surface area contributed by atoms with Crippen LogP contribution >= 0.6 is 0 Å². The molecular formula is C15H16N4O3. The van der Waals surface area contributed by atoms with Crippen LogP contribution in [0.25, 0.3) is 22.3 Å². The molecule has 114 valence electrons. The summed E-state index contributed by atoms with van der Waals surface area (Å²) in [6, 6.07) is 7.28. The second-order valence-corrected chi connectivity index (χ2v) is 4.93. The topological polar surface area (TPSA) is 104 Å². The number of amides is 1. The number of aromatic nitrogens is 3. The van der Waals surface area contributed by atoms with Gasteiger partial charge >= 0.3 is 11.8 Å². The van der Waals surface area contributed by atoms with Gasteiger partial charge in [0.25, 0.3) is 0 Å². The van der Waals surface area contributed by atoms with E-state index in [-0.39, 0.29) is 18.5 Å². The average Bonchev–Trinajstić information content (AvgIpc) is 3.20. The number of carbonyl (C=O) groups excluding carboxylic acids is 1. The van der Waals surface area contributed by atoms with Gasteiger partial charge in [-0.1, -0.05) is 24.2 Å². The number of aromatic amines is 1. The summed E-state index contributed by atoms with van der Waals surface area (Å²) < 4.78 is 5.03. The quantitative estimate of drug-likeness (QED) is 0.665. The van der Waals surface area contributed by atoms with Crippen molar-refractivity contribution >= 4 is 16.8 Å². The maximum atomic E-state index is 12.0. The number of nitrogens with one attached hydrogen (secondary N) is 2. The van der Waals surface area contributed by atoms with Crippen molar-refractivity contribution in [1.29, 1.82) is 0 Å². The van der Waals surface area contributed by atoms with Crippen LogP contribution in [-0.2, 0) is 0 Å². The number of aliphatic hydroxyl groups excluding tert-OH is 1. The Kier molecular flexibility index (Phi) is 3.88. The Labute approximate surface area is 126 Å². The summed E-state index contributed by atoms with van der Waals surface area (Å²) in [6.45, 7) is 1.74. The van der Waals surface area contributed by atoms with Gasteiger partial charge in [-0.3, -0.25) is 4.79 Å². The number of aliphatic hydroxyl groups is 1. The fourth-order valence-electron chi connectivity index (χ4n) is 2.23. The lowest BCUT2D eigenvalue weighted by molar-refractivity contribution is 0.0870. The molecule has 3 aromatic rings. The Balaban J connectivity index is 1.88. The molecule has 0 aliphatic heterocycles. The lowest BCUT2D eigenvalue weighted by Gasteiger charge is -2.11. The number of hydrogen-bond acceptors (Lipinski definition) is 5. The summed E-state index contributed by atoms with van der Waals surface area (Å²) in [5.74, 6) is -0.247. The average molecular weight is 300 g/mol. The number of benzene rings is 1. The third-order valence-corrected chi connectivity index (χ3v) is 3.50. The number of nitrogens with zero attached hydrogens (tertiary/aromatic N) is 2. The highest BCUT2D eigenvalue weighted by Gasteiger charge is 2.19. The molecule has 1 aromatic carbocycles. The molecule has 2 heterocycles. The van der Waals surface area contributed by atoms with Crippen LogP contribution in [0.5, 0.6) is 0 Å². The Morgan fingerprint density at radius 1 is 1.45 bits per heavy atom. The van der Waals surface area contributed by atoms with Crippen molar-refractivity contribution in [2.45, 2.75) is 19.4 Å². The second kappa shape index (κ2) is 5.98. The van der Waals surface area contributed by atoms with E-state index in [0.717, 1.165) is 16.5 Å². The van der Waals surface area contributed by atoms with Crippen LogP contribution in [0.1, 0.15) is 24.0 Å². The number of rotatable bonds is 5. The van der Waals surface area contributed by atoms with E-state index in [4.69, 9.17) is 9.63 Å². The van der Waals surface area contributed by atoms with E-state index >= 15 is 0 Å². The Hall–Kier alpha value is -2.67. The van der Waals surface area contributed by atoms with E-state index in [0.29, 0.717) is 12.2 Å². The highest BCUT2D eigenvalue weighted by Crippen LogP contribution is 2.25. The van der Waals surface area contributed by atoms with Crippen LogP contribution in [-0.4, -0.2) is 38.8 Å². The minimum Gasteiger partial charge on any atom is -0.394 e. The first-order chi connectivity index (χ1) is 10.7. The smallest absolute Gasteiger partial charge is 0.316 e. The van der Waals surface area contributed by atoms with Gasteiger partial charge in [0.1, 0.15) is 0 Å². The molecule has 3 N–H and O–H groups in total. The molecule has 0 unspecified atom stereocenters. The minimum absolute atomic E-state index is 0.116. The normalized spacial score (nSPS) is 12.5. The van der Waals surface area contributed by atoms with E-state index in [1.54, 1.807) is 0 Å². The van der Waals surface area contributed by atoms with Gasteiger partial charge in [-0.2, -0.15) is 4.98 Å². The Bertz CT molecular complexity index is 789. The van der Waals surface area contributed by atoms with Crippen LogP contribution in [0.15, 0.2) is 35.0 Å². The van der Waals surface area contributed by atoms with E-state index in [1.807, 2.05) is 37.4 Å². The molecule has 3 rings (SSSR count). The zero-order valence-corrected chi connectivity index (χ0v) is 12.0. The fraction of sp³-hybridized carbons (Fsp3) is 0.267. The van der Waals surface area contributed by atoms with Crippen LogP contribution in [0.3, 0.4) is 0 Å². The van der Waals surface area contributed by atoms with Crippen LogP contribution in [0.2, 0.25) is 0 Å². The zero-order chi connectivity index (χ0) is 15.5. The van der Waals surface area contributed by atoms with Gasteiger partial charge in [0.2, 0.25) is 5.82 Å². The molecule has 0 fully saturated rings. The molecule has 0 saturated carbocycles. The van der Waals surface area contributed by atoms with Gasteiger partial charge < -0.3 is 19.9 Å². The summed E-state index contributed by atoms with van der Waals surface area (Å²) in [5.41, 5.74) is 1.75. The monoisotopic (exact) mass is 300 g/mol. The van der Waals surface area contributed by atoms with Crippen molar-refractivity contribution < 1.29 is 14.4 Å². The first-order valence-electron chi connectivity index (χ1n) is 7.04. The molecule has 0 spiro atoms. The molecular weight excluding hydrogens is 284 g/mol. The summed E-state index contributed by atoms with van der Waals surface area (Å²) in [5, 5.41) is 16.6. The summed E-state index contributed by atoms with van der Waals surface area (Å²) in [4.78, 5) is 19.3. The highest BCUT2D eigenvalue weighted by molar-refractivity contribution is 5.94. The van der Waals surface area contributed by atoms with Crippen molar-refractivity contribution in [2.75, 3.05) is 6.61 Å². The molecule has 7 heteroatoms. The second-order valence-electron chi connectivity index (χ2n) is 4.93. The summed E-state index contributed by atoms with van der Waals surface area (Å²) in [7, 11) is 0. The minimum atomic E-state index is -0.485. The van der Waals surface area contributed by atoms with Gasteiger partial charge in [0.05, 0.1) is 12.6 Å². The van der Waals surface area contributed by atoms with Crippen molar-refractivity contribution in [3.63, 3.8) is 0 Å². The molecule has 0 radical (unpaired) electrons. The molecule has 7 nitrogen and oxygen atoms in total. The van der Waals surface area contributed by atoms with Gasteiger partial charge in [-0.15, -0.1) is 0 Å². The molecule has 0 aliphatic carbocycles. The van der Waals surface area contributed by atoms with E-state index in [2.05, 4.69) is 20.4 Å². The van der Waals surface area contributed by atoms with E-state index < -0.39 is 5.91 Å². The third kappa shape index (κ3) is 2.58. The van der Waals surface area contributed by atoms with Crippen LogP contribution < -0.4 is 5.32 Å². The van der Waals surface area contributed by atoms with Crippen molar-refractivity contribution in [2.24, 2.45) is 0 Å².